The number of anilines is 1. The van der Waals surface area contributed by atoms with E-state index in [2.05, 4.69) is 10.6 Å². The molecule has 0 spiro atoms. The summed E-state index contributed by atoms with van der Waals surface area (Å²) in [5, 5.41) is 5.48. The second-order valence-electron chi connectivity index (χ2n) is 5.29. The van der Waals surface area contributed by atoms with Gasteiger partial charge in [0.05, 0.1) is 12.2 Å². The van der Waals surface area contributed by atoms with Gasteiger partial charge in [-0.2, -0.15) is 0 Å². The maximum atomic E-state index is 12.0. The second kappa shape index (κ2) is 7.57. The summed E-state index contributed by atoms with van der Waals surface area (Å²) in [5.74, 6) is 0.905. The molecule has 0 bridgehead atoms. The smallest absolute Gasteiger partial charge is 0.338 e. The molecule has 3 rings (SSSR count). The van der Waals surface area contributed by atoms with E-state index >= 15 is 0 Å². The molecule has 0 radical (unpaired) electrons. The third-order valence-corrected chi connectivity index (χ3v) is 3.55. The Hall–Kier alpha value is -3.22. The average molecular weight is 342 g/mol. The van der Waals surface area contributed by atoms with E-state index in [1.54, 1.807) is 49.4 Å². The minimum absolute atomic E-state index is 0.187. The van der Waals surface area contributed by atoms with Crippen molar-refractivity contribution in [3.05, 3.63) is 53.6 Å². The normalized spacial score (nSPS) is 11.7. The van der Waals surface area contributed by atoms with Crippen LogP contribution in [0.3, 0.4) is 0 Å². The molecule has 1 aliphatic heterocycles. The van der Waals surface area contributed by atoms with Crippen molar-refractivity contribution in [3.63, 3.8) is 0 Å². The van der Waals surface area contributed by atoms with Crippen LogP contribution in [0.2, 0.25) is 0 Å². The maximum absolute atomic E-state index is 12.0. The lowest BCUT2D eigenvalue weighted by Gasteiger charge is -2.09. The van der Waals surface area contributed by atoms with Crippen molar-refractivity contribution >= 4 is 17.7 Å². The Morgan fingerprint density at radius 3 is 2.60 bits per heavy atom. The largest absolute Gasteiger partial charge is 0.462 e. The Kier molecular flexibility index (Phi) is 5.03. The first kappa shape index (κ1) is 16.6. The molecule has 1 heterocycles. The number of benzene rings is 2. The first-order valence-electron chi connectivity index (χ1n) is 7.86. The number of hydrogen-bond acceptors (Lipinski definition) is 5. The van der Waals surface area contributed by atoms with Crippen LogP contribution in [0, 0.1) is 0 Å². The highest BCUT2D eigenvalue weighted by molar-refractivity contribution is 5.90. The third-order valence-electron chi connectivity index (χ3n) is 3.55. The molecule has 130 valence electrons. The monoisotopic (exact) mass is 342 g/mol. The molecule has 0 aliphatic carbocycles. The summed E-state index contributed by atoms with van der Waals surface area (Å²) in [7, 11) is 0. The SMILES string of the molecule is CCOC(=O)c1ccc(CNC(=O)Nc2ccc3c(c2)OCO3)cc1. The number of fused-ring (bicyclic) bond motifs is 1. The van der Waals surface area contributed by atoms with Crippen LogP contribution >= 0.6 is 0 Å². The van der Waals surface area contributed by atoms with Crippen LogP contribution in [0.5, 0.6) is 11.5 Å². The van der Waals surface area contributed by atoms with Gasteiger partial charge in [-0.05, 0) is 36.8 Å². The zero-order valence-corrected chi connectivity index (χ0v) is 13.7. The average Bonchev–Trinajstić information content (AvgIpc) is 3.08. The van der Waals surface area contributed by atoms with Crippen LogP contribution in [0.1, 0.15) is 22.8 Å². The Morgan fingerprint density at radius 1 is 1.08 bits per heavy atom. The van der Waals surface area contributed by atoms with E-state index in [0.29, 0.717) is 35.9 Å². The van der Waals surface area contributed by atoms with Crippen molar-refractivity contribution in [2.24, 2.45) is 0 Å². The fourth-order valence-corrected chi connectivity index (χ4v) is 2.31. The molecule has 25 heavy (non-hydrogen) atoms. The molecule has 7 heteroatoms. The number of urea groups is 1. The van der Waals surface area contributed by atoms with Gasteiger partial charge in [-0.3, -0.25) is 0 Å². The first-order chi connectivity index (χ1) is 12.2. The number of amides is 2. The minimum atomic E-state index is -0.359. The lowest BCUT2D eigenvalue weighted by Crippen LogP contribution is -2.28. The summed E-state index contributed by atoms with van der Waals surface area (Å²) in [4.78, 5) is 23.6. The molecule has 0 fully saturated rings. The Morgan fingerprint density at radius 2 is 1.84 bits per heavy atom. The number of esters is 1. The number of carbonyl (C=O) groups is 2. The van der Waals surface area contributed by atoms with Gasteiger partial charge in [0.2, 0.25) is 6.79 Å². The maximum Gasteiger partial charge on any atom is 0.338 e. The van der Waals surface area contributed by atoms with Crippen LogP contribution in [-0.2, 0) is 11.3 Å². The van der Waals surface area contributed by atoms with E-state index in [4.69, 9.17) is 14.2 Å². The Labute approximate surface area is 144 Å². The summed E-state index contributed by atoms with van der Waals surface area (Å²) < 4.78 is 15.4. The van der Waals surface area contributed by atoms with Crippen LogP contribution in [0.25, 0.3) is 0 Å². The van der Waals surface area contributed by atoms with Crippen LogP contribution < -0.4 is 20.1 Å². The zero-order valence-electron chi connectivity index (χ0n) is 13.7. The van der Waals surface area contributed by atoms with Gasteiger partial charge in [-0.25, -0.2) is 9.59 Å². The predicted molar refractivity (Wildman–Crippen MR) is 90.8 cm³/mol. The molecule has 7 nitrogen and oxygen atoms in total. The molecule has 2 amide bonds. The summed E-state index contributed by atoms with van der Waals surface area (Å²) in [5.41, 5.74) is 1.96. The fraction of sp³-hybridized carbons (Fsp3) is 0.222. The lowest BCUT2D eigenvalue weighted by atomic mass is 10.1. The second-order valence-corrected chi connectivity index (χ2v) is 5.29. The number of carbonyl (C=O) groups excluding carboxylic acids is 2. The number of nitrogens with one attached hydrogen (secondary N) is 2. The Bertz CT molecular complexity index is 774. The molecule has 2 N–H and O–H groups in total. The van der Waals surface area contributed by atoms with Crippen molar-refractivity contribution < 1.29 is 23.8 Å². The van der Waals surface area contributed by atoms with E-state index in [1.165, 1.54) is 0 Å². The van der Waals surface area contributed by atoms with Gasteiger partial charge in [0.1, 0.15) is 0 Å². The van der Waals surface area contributed by atoms with Gasteiger partial charge < -0.3 is 24.8 Å². The first-order valence-corrected chi connectivity index (χ1v) is 7.86. The summed E-state index contributed by atoms with van der Waals surface area (Å²) >= 11 is 0. The van der Waals surface area contributed by atoms with E-state index in [1.807, 2.05) is 0 Å². The van der Waals surface area contributed by atoms with Gasteiger partial charge in [0, 0.05) is 18.3 Å². The summed E-state index contributed by atoms with van der Waals surface area (Å²) in [6.45, 7) is 2.61. The molecular formula is C18H18N2O5. The van der Waals surface area contributed by atoms with Gasteiger partial charge in [-0.15, -0.1) is 0 Å². The van der Waals surface area contributed by atoms with E-state index in [0.717, 1.165) is 5.56 Å². The molecule has 0 saturated carbocycles. The number of hydrogen-bond donors (Lipinski definition) is 2. The molecule has 0 unspecified atom stereocenters. The van der Waals surface area contributed by atoms with Gasteiger partial charge in [-0.1, -0.05) is 12.1 Å². The van der Waals surface area contributed by atoms with Crippen LogP contribution in [0.4, 0.5) is 10.5 Å². The van der Waals surface area contributed by atoms with Gasteiger partial charge in [0.15, 0.2) is 11.5 Å². The third kappa shape index (κ3) is 4.20. The summed E-state index contributed by atoms with van der Waals surface area (Å²) in [6, 6.07) is 11.7. The standard InChI is InChI=1S/C18H18N2O5/c1-2-23-17(21)13-5-3-12(4-6-13)10-19-18(22)20-14-7-8-15-16(9-14)25-11-24-15/h3-9H,2,10-11H2,1H3,(H2,19,20,22). The van der Waals surface area contributed by atoms with Crippen molar-refractivity contribution in [1.29, 1.82) is 0 Å². The lowest BCUT2D eigenvalue weighted by molar-refractivity contribution is 0.0526. The Balaban J connectivity index is 1.51. The molecule has 2 aromatic rings. The highest BCUT2D eigenvalue weighted by Gasteiger charge is 2.14. The molecule has 0 atom stereocenters. The highest BCUT2D eigenvalue weighted by Crippen LogP contribution is 2.34. The summed E-state index contributed by atoms with van der Waals surface area (Å²) in [6.07, 6.45) is 0. The molecule has 1 aliphatic rings. The molecule has 0 aromatic heterocycles. The molecule has 0 saturated heterocycles. The number of rotatable bonds is 5. The van der Waals surface area contributed by atoms with Crippen molar-refractivity contribution in [2.75, 3.05) is 18.7 Å². The van der Waals surface area contributed by atoms with E-state index in [-0.39, 0.29) is 18.8 Å². The van der Waals surface area contributed by atoms with E-state index < -0.39 is 0 Å². The van der Waals surface area contributed by atoms with Crippen LogP contribution in [-0.4, -0.2) is 25.4 Å². The number of ether oxygens (including phenoxy) is 3. The zero-order chi connectivity index (χ0) is 17.6. The minimum Gasteiger partial charge on any atom is -0.462 e. The van der Waals surface area contributed by atoms with Crippen molar-refractivity contribution in [2.45, 2.75) is 13.5 Å². The van der Waals surface area contributed by atoms with Gasteiger partial charge in [0.25, 0.3) is 0 Å². The van der Waals surface area contributed by atoms with Crippen molar-refractivity contribution in [1.82, 2.24) is 5.32 Å². The molecule has 2 aromatic carbocycles. The highest BCUT2D eigenvalue weighted by atomic mass is 16.7. The van der Waals surface area contributed by atoms with Crippen molar-refractivity contribution in [3.8, 4) is 11.5 Å². The van der Waals surface area contributed by atoms with Gasteiger partial charge >= 0.3 is 12.0 Å². The fourth-order valence-electron chi connectivity index (χ4n) is 2.31. The van der Waals surface area contributed by atoms with E-state index in [9.17, 15) is 9.59 Å². The molecular weight excluding hydrogens is 324 g/mol. The topological polar surface area (TPSA) is 85.9 Å². The quantitative estimate of drug-likeness (QED) is 0.816. The van der Waals surface area contributed by atoms with Crippen LogP contribution in [0.15, 0.2) is 42.5 Å². The predicted octanol–water partition coefficient (Wildman–Crippen LogP) is 2.91.